The highest BCUT2D eigenvalue weighted by atomic mass is 19.4. The van der Waals surface area contributed by atoms with Crippen molar-refractivity contribution in [2.45, 2.75) is 6.18 Å². The molecule has 0 fully saturated rings. The van der Waals surface area contributed by atoms with E-state index in [1.54, 1.807) is 0 Å². The highest BCUT2D eigenvalue weighted by molar-refractivity contribution is 5.53. The van der Waals surface area contributed by atoms with Crippen LogP contribution in [0.5, 0.6) is 5.75 Å². The van der Waals surface area contributed by atoms with Crippen molar-refractivity contribution in [3.8, 4) is 5.75 Å². The number of aliphatic imine (C=N–C) groups is 1. The average Bonchev–Trinajstić information content (AvgIpc) is 2.02. The van der Waals surface area contributed by atoms with Crippen molar-refractivity contribution in [3.63, 3.8) is 0 Å². The molecule has 0 aromatic heterocycles. The highest BCUT2D eigenvalue weighted by Crippen LogP contribution is 2.34. The summed E-state index contributed by atoms with van der Waals surface area (Å²) in [5.74, 6) is -0.603. The molecule has 0 unspecified atom stereocenters. The van der Waals surface area contributed by atoms with Gasteiger partial charge in [0.1, 0.15) is 5.75 Å². The number of carbonyl (C=O) groups excluding carboxylic acids is 1. The Morgan fingerprint density at radius 2 is 1.93 bits per heavy atom. The Bertz CT molecular complexity index is 394. The van der Waals surface area contributed by atoms with Gasteiger partial charge in [-0.2, -0.15) is 18.2 Å². The molecule has 1 N–H and O–H groups in total. The van der Waals surface area contributed by atoms with Crippen LogP contribution in [0.15, 0.2) is 23.2 Å². The number of rotatable bonds is 1. The van der Waals surface area contributed by atoms with Crippen LogP contribution in [0.25, 0.3) is 0 Å². The molecule has 0 saturated carbocycles. The molecule has 0 aliphatic carbocycles. The van der Waals surface area contributed by atoms with Crippen molar-refractivity contribution >= 4 is 11.8 Å². The first-order chi connectivity index (χ1) is 6.43. The molecule has 0 aliphatic rings. The Hall–Kier alpha value is -1.81. The number of benzene rings is 1. The van der Waals surface area contributed by atoms with Gasteiger partial charge in [-0.05, 0) is 12.1 Å². The summed E-state index contributed by atoms with van der Waals surface area (Å²) >= 11 is 0. The Morgan fingerprint density at radius 1 is 1.29 bits per heavy atom. The third kappa shape index (κ3) is 2.34. The summed E-state index contributed by atoms with van der Waals surface area (Å²) in [6.45, 7) is 0. The summed E-state index contributed by atoms with van der Waals surface area (Å²) < 4.78 is 36.4. The summed E-state index contributed by atoms with van der Waals surface area (Å²) in [6.07, 6.45) is -3.49. The van der Waals surface area contributed by atoms with Gasteiger partial charge in [0.25, 0.3) is 0 Å². The number of isocyanates is 1. The van der Waals surface area contributed by atoms with Crippen LogP contribution in [0.4, 0.5) is 18.9 Å². The van der Waals surface area contributed by atoms with Crippen molar-refractivity contribution in [2.75, 3.05) is 0 Å². The lowest BCUT2D eigenvalue weighted by molar-refractivity contribution is -0.137. The van der Waals surface area contributed by atoms with Crippen molar-refractivity contribution in [2.24, 2.45) is 4.99 Å². The van der Waals surface area contributed by atoms with Gasteiger partial charge >= 0.3 is 6.18 Å². The first-order valence-corrected chi connectivity index (χ1v) is 3.42. The van der Waals surface area contributed by atoms with Gasteiger partial charge < -0.3 is 5.11 Å². The lowest BCUT2D eigenvalue weighted by Crippen LogP contribution is -2.03. The zero-order valence-electron chi connectivity index (χ0n) is 6.67. The van der Waals surface area contributed by atoms with Crippen molar-refractivity contribution < 1.29 is 23.1 Å². The van der Waals surface area contributed by atoms with Crippen LogP contribution in [0.2, 0.25) is 0 Å². The van der Waals surface area contributed by atoms with Crippen LogP contribution in [0.3, 0.4) is 0 Å². The highest BCUT2D eigenvalue weighted by Gasteiger charge is 2.31. The summed E-state index contributed by atoms with van der Waals surface area (Å²) in [5, 5.41) is 8.89. The molecular formula is C8H4F3NO2. The molecule has 0 bridgehead atoms. The van der Waals surface area contributed by atoms with E-state index in [9.17, 15) is 18.0 Å². The van der Waals surface area contributed by atoms with E-state index in [-0.39, 0.29) is 5.69 Å². The van der Waals surface area contributed by atoms with Crippen LogP contribution < -0.4 is 0 Å². The average molecular weight is 203 g/mol. The zero-order chi connectivity index (χ0) is 10.8. The number of phenolic OH excluding ortho intramolecular Hbond substituents is 1. The first kappa shape index (κ1) is 10.3. The Labute approximate surface area is 76.5 Å². The van der Waals surface area contributed by atoms with E-state index in [0.29, 0.717) is 12.1 Å². The Kier molecular flexibility index (Phi) is 2.58. The smallest absolute Gasteiger partial charge is 0.416 e. The molecular weight excluding hydrogens is 199 g/mol. The number of halogens is 3. The second-order valence-corrected chi connectivity index (χ2v) is 2.44. The zero-order valence-corrected chi connectivity index (χ0v) is 6.67. The molecule has 1 aromatic rings. The van der Waals surface area contributed by atoms with E-state index < -0.39 is 17.5 Å². The van der Waals surface area contributed by atoms with Crippen LogP contribution in [-0.4, -0.2) is 11.2 Å². The molecule has 1 rings (SSSR count). The van der Waals surface area contributed by atoms with E-state index in [4.69, 9.17) is 5.11 Å². The molecule has 0 amide bonds. The molecule has 0 spiro atoms. The minimum atomic E-state index is -4.58. The van der Waals surface area contributed by atoms with Gasteiger partial charge in [-0.25, -0.2) is 4.79 Å². The van der Waals surface area contributed by atoms with E-state index in [2.05, 4.69) is 4.99 Å². The summed E-state index contributed by atoms with van der Waals surface area (Å²) in [4.78, 5) is 12.8. The van der Waals surface area contributed by atoms with E-state index in [1.807, 2.05) is 0 Å². The fourth-order valence-electron chi connectivity index (χ4n) is 0.876. The van der Waals surface area contributed by atoms with E-state index in [1.165, 1.54) is 0 Å². The van der Waals surface area contributed by atoms with Crippen LogP contribution in [0.1, 0.15) is 5.56 Å². The summed E-state index contributed by atoms with van der Waals surface area (Å²) in [5.41, 5.74) is -1.35. The predicted octanol–water partition coefficient (Wildman–Crippen LogP) is 2.38. The van der Waals surface area contributed by atoms with Gasteiger partial charge in [-0.15, -0.1) is 0 Å². The first-order valence-electron chi connectivity index (χ1n) is 3.42. The fraction of sp³-hybridized carbons (Fsp3) is 0.125. The largest absolute Gasteiger partial charge is 0.508 e. The number of hydrogen-bond donors (Lipinski definition) is 1. The number of nitrogens with zero attached hydrogens (tertiary/aromatic N) is 1. The molecule has 0 radical (unpaired) electrons. The third-order valence-electron chi connectivity index (χ3n) is 1.40. The minimum Gasteiger partial charge on any atom is -0.508 e. The normalized spacial score (nSPS) is 10.8. The monoisotopic (exact) mass is 203 g/mol. The molecule has 14 heavy (non-hydrogen) atoms. The number of aromatic hydroxyl groups is 1. The summed E-state index contributed by atoms with van der Waals surface area (Å²) in [7, 11) is 0. The molecule has 74 valence electrons. The van der Waals surface area contributed by atoms with Crippen LogP contribution in [0, 0.1) is 0 Å². The molecule has 1 aromatic carbocycles. The van der Waals surface area contributed by atoms with E-state index >= 15 is 0 Å². The second kappa shape index (κ2) is 3.51. The molecule has 0 heterocycles. The molecule has 3 nitrogen and oxygen atoms in total. The lowest BCUT2D eigenvalue weighted by Gasteiger charge is -2.06. The van der Waals surface area contributed by atoms with Gasteiger partial charge in [-0.1, -0.05) is 0 Å². The maximum absolute atomic E-state index is 12.1. The molecule has 6 heteroatoms. The van der Waals surface area contributed by atoms with Gasteiger partial charge in [0.2, 0.25) is 6.08 Å². The Morgan fingerprint density at radius 3 is 2.43 bits per heavy atom. The van der Waals surface area contributed by atoms with E-state index in [0.717, 1.165) is 12.1 Å². The minimum absolute atomic E-state index is 0.285. The maximum Gasteiger partial charge on any atom is 0.416 e. The molecule has 0 saturated heterocycles. The summed E-state index contributed by atoms with van der Waals surface area (Å²) in [6, 6.07) is 2.12. The number of hydrogen-bond acceptors (Lipinski definition) is 3. The number of alkyl halides is 3. The quantitative estimate of drug-likeness (QED) is 0.562. The van der Waals surface area contributed by atoms with Gasteiger partial charge in [0.05, 0.1) is 11.3 Å². The second-order valence-electron chi connectivity index (χ2n) is 2.44. The lowest BCUT2D eigenvalue weighted by atomic mass is 10.2. The van der Waals surface area contributed by atoms with Gasteiger partial charge in [-0.3, -0.25) is 0 Å². The predicted molar refractivity (Wildman–Crippen MR) is 40.9 cm³/mol. The van der Waals surface area contributed by atoms with Crippen molar-refractivity contribution in [3.05, 3.63) is 23.8 Å². The third-order valence-corrected chi connectivity index (χ3v) is 1.40. The Balaban J connectivity index is 3.27. The maximum atomic E-state index is 12.1. The number of phenols is 1. The van der Waals surface area contributed by atoms with Crippen molar-refractivity contribution in [1.82, 2.24) is 0 Å². The SMILES string of the molecule is O=C=Nc1cc(O)cc(C(F)(F)F)c1. The molecule has 0 atom stereocenters. The standard InChI is InChI=1S/C8H4F3NO2/c9-8(10,11)5-1-6(12-4-13)3-7(14)2-5/h1-3,14H. The topological polar surface area (TPSA) is 49.7 Å². The molecule has 0 aliphatic heterocycles. The van der Waals surface area contributed by atoms with Gasteiger partial charge in [0.15, 0.2) is 0 Å². The van der Waals surface area contributed by atoms with Crippen molar-refractivity contribution in [1.29, 1.82) is 0 Å². The van der Waals surface area contributed by atoms with Crippen LogP contribution in [-0.2, 0) is 11.0 Å². The van der Waals surface area contributed by atoms with Gasteiger partial charge in [0, 0.05) is 6.07 Å². The fourth-order valence-corrected chi connectivity index (χ4v) is 0.876. The van der Waals surface area contributed by atoms with Crippen LogP contribution >= 0.6 is 0 Å².